The van der Waals surface area contributed by atoms with Crippen molar-refractivity contribution in [3.63, 3.8) is 0 Å². The Balaban J connectivity index is 2.11. The van der Waals surface area contributed by atoms with Gasteiger partial charge in [0.05, 0.1) is 5.92 Å². The van der Waals surface area contributed by atoms with E-state index in [1.807, 2.05) is 50.2 Å². The summed E-state index contributed by atoms with van der Waals surface area (Å²) >= 11 is 3.43. The third-order valence-corrected chi connectivity index (χ3v) is 5.20. The molecule has 0 saturated heterocycles. The molecule has 0 heterocycles. The number of aryl methyl sites for hydroxylation is 2. The highest BCUT2D eigenvalue weighted by atomic mass is 79.9. The summed E-state index contributed by atoms with van der Waals surface area (Å²) in [7, 11) is 0. The summed E-state index contributed by atoms with van der Waals surface area (Å²) in [5.41, 5.74) is 3.74. The Morgan fingerprint density at radius 1 is 1.12 bits per heavy atom. The Morgan fingerprint density at radius 2 is 1.76 bits per heavy atom. The van der Waals surface area contributed by atoms with Gasteiger partial charge >= 0.3 is 5.97 Å². The molecule has 0 aromatic heterocycles. The number of hydrogen-bond acceptors (Lipinski definition) is 2. The van der Waals surface area contributed by atoms with Crippen LogP contribution in [0.2, 0.25) is 0 Å². The molecule has 0 aliphatic rings. The largest absolute Gasteiger partial charge is 0.481 e. The molecule has 2 aromatic carbocycles. The maximum atomic E-state index is 12.5. The molecule has 0 fully saturated rings. The molecular weight excluding hydrogens is 382 g/mol. The molecule has 0 aliphatic heterocycles. The minimum Gasteiger partial charge on any atom is -0.481 e. The van der Waals surface area contributed by atoms with Gasteiger partial charge in [-0.25, -0.2) is 0 Å². The van der Waals surface area contributed by atoms with Crippen LogP contribution in [0.25, 0.3) is 0 Å². The lowest BCUT2D eigenvalue weighted by Crippen LogP contribution is -2.33. The van der Waals surface area contributed by atoms with Gasteiger partial charge in [-0.2, -0.15) is 0 Å². The molecule has 2 N–H and O–H groups in total. The Morgan fingerprint density at radius 3 is 2.32 bits per heavy atom. The molecule has 4 nitrogen and oxygen atoms in total. The molecule has 0 unspecified atom stereocenters. The van der Waals surface area contributed by atoms with E-state index in [4.69, 9.17) is 0 Å². The molecule has 0 aliphatic carbocycles. The van der Waals surface area contributed by atoms with Crippen molar-refractivity contribution < 1.29 is 14.7 Å². The number of halogens is 1. The third kappa shape index (κ3) is 5.16. The summed E-state index contributed by atoms with van der Waals surface area (Å²) in [6, 6.07) is 13.2. The first kappa shape index (κ1) is 19.2. The highest BCUT2D eigenvalue weighted by molar-refractivity contribution is 9.10. The minimum absolute atomic E-state index is 0.296. The van der Waals surface area contributed by atoms with E-state index in [-0.39, 0.29) is 5.91 Å². The highest BCUT2D eigenvalue weighted by Gasteiger charge is 2.30. The van der Waals surface area contributed by atoms with Crippen LogP contribution in [0.1, 0.15) is 23.6 Å². The average Bonchev–Trinajstić information content (AvgIpc) is 2.56. The number of rotatable bonds is 6. The number of carbonyl (C=O) groups excluding carboxylic acids is 1. The summed E-state index contributed by atoms with van der Waals surface area (Å²) in [4.78, 5) is 24.2. The van der Waals surface area contributed by atoms with Crippen molar-refractivity contribution in [2.45, 2.75) is 27.2 Å². The van der Waals surface area contributed by atoms with E-state index < -0.39 is 17.8 Å². The van der Waals surface area contributed by atoms with Crippen molar-refractivity contribution >= 4 is 33.5 Å². The van der Waals surface area contributed by atoms with Gasteiger partial charge in [-0.15, -0.1) is 0 Å². The Hall–Kier alpha value is -2.14. The monoisotopic (exact) mass is 403 g/mol. The lowest BCUT2D eigenvalue weighted by atomic mass is 9.87. The summed E-state index contributed by atoms with van der Waals surface area (Å²) < 4.78 is 0.896. The number of nitrogens with one attached hydrogen (secondary N) is 1. The summed E-state index contributed by atoms with van der Waals surface area (Å²) in [6.07, 6.45) is 0.321. The van der Waals surface area contributed by atoms with Crippen LogP contribution < -0.4 is 5.32 Å². The lowest BCUT2D eigenvalue weighted by Gasteiger charge is -2.20. The molecule has 25 heavy (non-hydrogen) atoms. The van der Waals surface area contributed by atoms with Crippen LogP contribution in [0, 0.1) is 25.7 Å². The number of hydrogen-bond donors (Lipinski definition) is 2. The molecule has 2 rings (SSSR count). The summed E-state index contributed by atoms with van der Waals surface area (Å²) in [6.45, 7) is 5.60. The van der Waals surface area contributed by atoms with Crippen LogP contribution in [-0.2, 0) is 16.0 Å². The normalized spacial score (nSPS) is 13.1. The zero-order chi connectivity index (χ0) is 18.6. The van der Waals surface area contributed by atoms with E-state index in [0.717, 1.165) is 21.2 Å². The molecule has 0 spiro atoms. The number of carboxylic acids is 1. The molecule has 2 atom stereocenters. The predicted octanol–water partition coefficient (Wildman–Crippen LogP) is 4.58. The molecule has 132 valence electrons. The molecule has 0 bridgehead atoms. The summed E-state index contributed by atoms with van der Waals surface area (Å²) in [5, 5.41) is 12.4. The van der Waals surface area contributed by atoms with Gasteiger partial charge in [0.15, 0.2) is 0 Å². The molecule has 2 aromatic rings. The third-order valence-electron chi connectivity index (χ3n) is 4.35. The van der Waals surface area contributed by atoms with Crippen molar-refractivity contribution in [1.29, 1.82) is 0 Å². The first-order valence-corrected chi connectivity index (χ1v) is 8.92. The van der Waals surface area contributed by atoms with Gasteiger partial charge in [0.1, 0.15) is 0 Å². The number of amides is 1. The Kier molecular flexibility index (Phi) is 6.37. The molecular formula is C20H22BrNO3. The van der Waals surface area contributed by atoms with E-state index >= 15 is 0 Å². The fourth-order valence-electron chi connectivity index (χ4n) is 2.57. The van der Waals surface area contributed by atoms with Gasteiger partial charge in [0.25, 0.3) is 0 Å². The van der Waals surface area contributed by atoms with E-state index in [0.29, 0.717) is 12.1 Å². The van der Waals surface area contributed by atoms with Crippen LogP contribution in [0.5, 0.6) is 0 Å². The van der Waals surface area contributed by atoms with E-state index in [9.17, 15) is 14.7 Å². The van der Waals surface area contributed by atoms with E-state index in [1.54, 1.807) is 13.0 Å². The minimum atomic E-state index is -0.965. The van der Waals surface area contributed by atoms with Crippen molar-refractivity contribution in [2.75, 3.05) is 5.32 Å². The van der Waals surface area contributed by atoms with Crippen molar-refractivity contribution in [1.82, 2.24) is 0 Å². The zero-order valence-corrected chi connectivity index (χ0v) is 16.1. The fraction of sp³-hybridized carbons (Fsp3) is 0.300. The number of aliphatic carboxylic acids is 1. The smallest absolute Gasteiger partial charge is 0.307 e. The number of benzene rings is 2. The van der Waals surface area contributed by atoms with Crippen LogP contribution in [0.15, 0.2) is 46.9 Å². The van der Waals surface area contributed by atoms with Gasteiger partial charge < -0.3 is 10.4 Å². The van der Waals surface area contributed by atoms with Gasteiger partial charge in [0, 0.05) is 16.1 Å². The number of carboxylic acid groups (broad SMARTS) is 1. The van der Waals surface area contributed by atoms with Gasteiger partial charge in [-0.3, -0.25) is 9.59 Å². The fourth-order valence-corrected chi connectivity index (χ4v) is 2.94. The second-order valence-electron chi connectivity index (χ2n) is 6.38. The van der Waals surface area contributed by atoms with Crippen LogP contribution >= 0.6 is 15.9 Å². The average molecular weight is 404 g/mol. The lowest BCUT2D eigenvalue weighted by molar-refractivity contribution is -0.145. The molecule has 0 saturated carbocycles. The zero-order valence-electron chi connectivity index (χ0n) is 14.5. The quantitative estimate of drug-likeness (QED) is 0.741. The second kappa shape index (κ2) is 8.30. The van der Waals surface area contributed by atoms with Gasteiger partial charge in [0.2, 0.25) is 5.91 Å². The van der Waals surface area contributed by atoms with Gasteiger partial charge in [-0.05, 0) is 43.5 Å². The number of carbonyl (C=O) groups is 2. The molecule has 5 heteroatoms. The summed E-state index contributed by atoms with van der Waals surface area (Å²) in [5.74, 6) is -2.70. The maximum absolute atomic E-state index is 12.5. The van der Waals surface area contributed by atoms with Crippen molar-refractivity contribution in [3.05, 3.63) is 63.6 Å². The highest BCUT2D eigenvalue weighted by Crippen LogP contribution is 2.23. The van der Waals surface area contributed by atoms with Crippen molar-refractivity contribution in [2.24, 2.45) is 11.8 Å². The Bertz CT molecular complexity index is 771. The first-order chi connectivity index (χ1) is 11.8. The topological polar surface area (TPSA) is 66.4 Å². The maximum Gasteiger partial charge on any atom is 0.307 e. The van der Waals surface area contributed by atoms with Crippen LogP contribution in [0.3, 0.4) is 0 Å². The molecule has 0 radical (unpaired) electrons. The molecule has 1 amide bonds. The van der Waals surface area contributed by atoms with Crippen molar-refractivity contribution in [3.8, 4) is 0 Å². The predicted molar refractivity (Wildman–Crippen MR) is 103 cm³/mol. The first-order valence-electron chi connectivity index (χ1n) is 8.13. The van der Waals surface area contributed by atoms with Crippen LogP contribution in [0.4, 0.5) is 5.69 Å². The van der Waals surface area contributed by atoms with E-state index in [1.165, 1.54) is 0 Å². The SMILES string of the molecule is Cc1ccc(C[C@@H](C(=O)O)[C@@H](C)C(=O)Nc2ccc(C)c(Br)c2)cc1. The number of anilines is 1. The standard InChI is InChI=1S/C20H22BrNO3/c1-12-4-7-15(8-5-12)10-17(20(24)25)14(3)19(23)22-16-9-6-13(2)18(21)11-16/h4-9,11,14,17H,10H2,1-3H3,(H,22,23)(H,24,25)/t14-,17-/m1/s1. The second-order valence-corrected chi connectivity index (χ2v) is 7.23. The van der Waals surface area contributed by atoms with E-state index in [2.05, 4.69) is 21.2 Å². The van der Waals surface area contributed by atoms with Gasteiger partial charge in [-0.1, -0.05) is 58.7 Å². The Labute approximate surface area is 156 Å². The van der Waals surface area contributed by atoms with Crippen LogP contribution in [-0.4, -0.2) is 17.0 Å².